The third-order valence-electron chi connectivity index (χ3n) is 3.99. The van der Waals surface area contributed by atoms with Crippen molar-refractivity contribution < 1.29 is 14.3 Å². The number of para-hydroxylation sites is 1. The summed E-state index contributed by atoms with van der Waals surface area (Å²) in [5, 5.41) is 2.94. The number of hydrogen-bond donors (Lipinski definition) is 1. The van der Waals surface area contributed by atoms with Gasteiger partial charge < -0.3 is 15.0 Å². The van der Waals surface area contributed by atoms with E-state index in [0.29, 0.717) is 13.0 Å². The molecule has 1 saturated heterocycles. The fraction of sp³-hybridized carbons (Fsp3) is 0.467. The molecule has 2 heterocycles. The van der Waals surface area contributed by atoms with Crippen LogP contribution in [-0.4, -0.2) is 36.9 Å². The van der Waals surface area contributed by atoms with Gasteiger partial charge in [-0.1, -0.05) is 18.2 Å². The molecule has 106 valence electrons. The standard InChI is InChI=1S/C15H18N2O3/c1-17-8-4-6-11(15(17)19)14(18)16-12-9-20-13-7-3-2-5-10(12)13/h2-3,5,7,11-12H,4,6,8-9H2,1H3,(H,16,18). The van der Waals surface area contributed by atoms with Crippen molar-refractivity contribution in [1.29, 1.82) is 0 Å². The number of benzene rings is 1. The van der Waals surface area contributed by atoms with Crippen molar-refractivity contribution in [3.8, 4) is 5.75 Å². The molecule has 1 aromatic carbocycles. The Bertz CT molecular complexity index is 544. The van der Waals surface area contributed by atoms with Crippen molar-refractivity contribution in [3.05, 3.63) is 29.8 Å². The highest BCUT2D eigenvalue weighted by molar-refractivity contribution is 6.00. The minimum Gasteiger partial charge on any atom is -0.491 e. The van der Waals surface area contributed by atoms with Crippen LogP contribution in [0.25, 0.3) is 0 Å². The molecule has 0 radical (unpaired) electrons. The van der Waals surface area contributed by atoms with Gasteiger partial charge in [0.05, 0.1) is 6.04 Å². The number of piperidine rings is 1. The van der Waals surface area contributed by atoms with E-state index in [1.54, 1.807) is 11.9 Å². The Morgan fingerprint density at radius 3 is 3.05 bits per heavy atom. The first-order valence-electron chi connectivity index (χ1n) is 6.94. The van der Waals surface area contributed by atoms with Crippen LogP contribution in [-0.2, 0) is 9.59 Å². The summed E-state index contributed by atoms with van der Waals surface area (Å²) in [7, 11) is 1.75. The first kappa shape index (κ1) is 13.0. The van der Waals surface area contributed by atoms with Gasteiger partial charge in [-0.05, 0) is 18.9 Å². The molecule has 3 rings (SSSR count). The molecule has 0 aliphatic carbocycles. The lowest BCUT2D eigenvalue weighted by Crippen LogP contribution is -2.46. The topological polar surface area (TPSA) is 58.6 Å². The Labute approximate surface area is 117 Å². The van der Waals surface area contributed by atoms with Crippen molar-refractivity contribution in [2.45, 2.75) is 18.9 Å². The molecule has 20 heavy (non-hydrogen) atoms. The fourth-order valence-electron chi connectivity index (χ4n) is 2.83. The average Bonchev–Trinajstić information content (AvgIpc) is 2.85. The summed E-state index contributed by atoms with van der Waals surface area (Å²) in [5.74, 6) is -0.0146. The van der Waals surface area contributed by atoms with Gasteiger partial charge in [0, 0.05) is 19.2 Å². The maximum Gasteiger partial charge on any atom is 0.234 e. The van der Waals surface area contributed by atoms with E-state index < -0.39 is 5.92 Å². The molecule has 2 amide bonds. The van der Waals surface area contributed by atoms with Gasteiger partial charge in [-0.2, -0.15) is 0 Å². The number of carbonyl (C=O) groups excluding carboxylic acids is 2. The minimum atomic E-state index is -0.554. The first-order chi connectivity index (χ1) is 9.66. The van der Waals surface area contributed by atoms with E-state index in [1.165, 1.54) is 0 Å². The van der Waals surface area contributed by atoms with E-state index in [0.717, 1.165) is 24.3 Å². The van der Waals surface area contributed by atoms with E-state index in [4.69, 9.17) is 4.74 Å². The molecule has 5 nitrogen and oxygen atoms in total. The summed E-state index contributed by atoms with van der Waals surface area (Å²) in [6.07, 6.45) is 1.50. The number of likely N-dealkylation sites (tertiary alicyclic amines) is 1. The van der Waals surface area contributed by atoms with Crippen molar-refractivity contribution in [1.82, 2.24) is 10.2 Å². The highest BCUT2D eigenvalue weighted by Gasteiger charge is 2.35. The maximum absolute atomic E-state index is 12.3. The average molecular weight is 274 g/mol. The van der Waals surface area contributed by atoms with Crippen LogP contribution in [0, 0.1) is 5.92 Å². The van der Waals surface area contributed by atoms with Gasteiger partial charge in [-0.25, -0.2) is 0 Å². The Hall–Kier alpha value is -2.04. The zero-order valence-corrected chi connectivity index (χ0v) is 11.5. The molecule has 1 N–H and O–H groups in total. The lowest BCUT2D eigenvalue weighted by molar-refractivity contribution is -0.144. The van der Waals surface area contributed by atoms with Crippen molar-refractivity contribution in [3.63, 3.8) is 0 Å². The Morgan fingerprint density at radius 2 is 2.20 bits per heavy atom. The van der Waals surface area contributed by atoms with Gasteiger partial charge in [-0.3, -0.25) is 9.59 Å². The quantitative estimate of drug-likeness (QED) is 0.822. The molecule has 5 heteroatoms. The lowest BCUT2D eigenvalue weighted by Gasteiger charge is -2.29. The third-order valence-corrected chi connectivity index (χ3v) is 3.99. The normalized spacial score (nSPS) is 25.1. The van der Waals surface area contributed by atoms with Crippen molar-refractivity contribution >= 4 is 11.8 Å². The second kappa shape index (κ2) is 5.15. The molecule has 0 saturated carbocycles. The second-order valence-electron chi connectivity index (χ2n) is 5.36. The molecule has 0 bridgehead atoms. The monoisotopic (exact) mass is 274 g/mol. The second-order valence-corrected chi connectivity index (χ2v) is 5.36. The number of nitrogens with one attached hydrogen (secondary N) is 1. The van der Waals surface area contributed by atoms with Gasteiger partial charge in [0.1, 0.15) is 18.3 Å². The molecule has 1 aromatic rings. The highest BCUT2D eigenvalue weighted by Crippen LogP contribution is 2.32. The summed E-state index contributed by atoms with van der Waals surface area (Å²) < 4.78 is 5.54. The van der Waals surface area contributed by atoms with Crippen LogP contribution in [0.1, 0.15) is 24.4 Å². The Morgan fingerprint density at radius 1 is 1.40 bits per heavy atom. The third kappa shape index (κ3) is 2.24. The number of carbonyl (C=O) groups is 2. The van der Waals surface area contributed by atoms with Crippen molar-refractivity contribution in [2.24, 2.45) is 5.92 Å². The molecule has 2 aliphatic heterocycles. The molecule has 1 fully saturated rings. The van der Waals surface area contributed by atoms with Crippen molar-refractivity contribution in [2.75, 3.05) is 20.2 Å². The lowest BCUT2D eigenvalue weighted by atomic mass is 9.96. The maximum atomic E-state index is 12.3. The SMILES string of the molecule is CN1CCCC(C(=O)NC2COc3ccccc32)C1=O. The summed E-state index contributed by atoms with van der Waals surface area (Å²) >= 11 is 0. The predicted molar refractivity (Wildman–Crippen MR) is 73.2 cm³/mol. The van der Waals surface area contributed by atoms with Crippen LogP contribution in [0.5, 0.6) is 5.75 Å². The number of ether oxygens (including phenoxy) is 1. The van der Waals surface area contributed by atoms with Crippen LogP contribution in [0.4, 0.5) is 0 Å². The van der Waals surface area contributed by atoms with Gasteiger partial charge in [0.2, 0.25) is 11.8 Å². The van der Waals surface area contributed by atoms with E-state index in [1.807, 2.05) is 24.3 Å². The van der Waals surface area contributed by atoms with E-state index in [-0.39, 0.29) is 17.9 Å². The molecular formula is C15H18N2O3. The summed E-state index contributed by atoms with van der Waals surface area (Å²) in [4.78, 5) is 26.0. The summed E-state index contributed by atoms with van der Waals surface area (Å²) in [6.45, 7) is 1.17. The molecule has 2 atom stereocenters. The molecular weight excluding hydrogens is 256 g/mol. The van der Waals surface area contributed by atoms with Gasteiger partial charge >= 0.3 is 0 Å². The van der Waals surface area contributed by atoms with Crippen LogP contribution in [0.2, 0.25) is 0 Å². The molecule has 0 spiro atoms. The van der Waals surface area contributed by atoms with Crippen LogP contribution in [0.15, 0.2) is 24.3 Å². The zero-order chi connectivity index (χ0) is 14.1. The Kier molecular flexibility index (Phi) is 3.34. The number of rotatable bonds is 2. The van der Waals surface area contributed by atoms with Crippen LogP contribution < -0.4 is 10.1 Å². The van der Waals surface area contributed by atoms with Gasteiger partial charge in [-0.15, -0.1) is 0 Å². The number of hydrogen-bond acceptors (Lipinski definition) is 3. The number of nitrogens with zero attached hydrogens (tertiary/aromatic N) is 1. The predicted octanol–water partition coefficient (Wildman–Crippen LogP) is 1.10. The van der Waals surface area contributed by atoms with Crippen LogP contribution in [0.3, 0.4) is 0 Å². The van der Waals surface area contributed by atoms with E-state index >= 15 is 0 Å². The molecule has 2 unspecified atom stereocenters. The minimum absolute atomic E-state index is 0.0825. The Balaban J connectivity index is 1.70. The number of amides is 2. The zero-order valence-electron chi connectivity index (χ0n) is 11.5. The molecule has 2 aliphatic rings. The number of fused-ring (bicyclic) bond motifs is 1. The highest BCUT2D eigenvalue weighted by atomic mass is 16.5. The largest absolute Gasteiger partial charge is 0.491 e. The molecule has 0 aromatic heterocycles. The first-order valence-corrected chi connectivity index (χ1v) is 6.94. The van der Waals surface area contributed by atoms with Gasteiger partial charge in [0.25, 0.3) is 0 Å². The van der Waals surface area contributed by atoms with E-state index in [9.17, 15) is 9.59 Å². The summed E-state index contributed by atoms with van der Waals surface area (Å²) in [5.41, 5.74) is 0.984. The van der Waals surface area contributed by atoms with Crippen LogP contribution >= 0.6 is 0 Å². The smallest absolute Gasteiger partial charge is 0.234 e. The summed E-state index contributed by atoms with van der Waals surface area (Å²) in [6, 6.07) is 7.51. The fourth-order valence-corrected chi connectivity index (χ4v) is 2.83. The van der Waals surface area contributed by atoms with E-state index in [2.05, 4.69) is 5.32 Å². The van der Waals surface area contributed by atoms with Gasteiger partial charge in [0.15, 0.2) is 0 Å².